The summed E-state index contributed by atoms with van der Waals surface area (Å²) in [6, 6.07) is 0. The van der Waals surface area contributed by atoms with Gasteiger partial charge in [0.1, 0.15) is 12.0 Å². The van der Waals surface area contributed by atoms with Crippen LogP contribution in [0.25, 0.3) is 0 Å². The number of pyridine rings is 1. The van der Waals surface area contributed by atoms with E-state index in [1.165, 1.54) is 0 Å². The van der Waals surface area contributed by atoms with Crippen LogP contribution in [-0.4, -0.2) is 39.1 Å². The van der Waals surface area contributed by atoms with Crippen molar-refractivity contribution in [2.75, 3.05) is 13.2 Å². The number of aromatic hydroxyl groups is 1. The second kappa shape index (κ2) is 6.02. The molecule has 1 unspecified atom stereocenters. The molecule has 4 N–H and O–H groups in total. The first-order valence-electron chi connectivity index (χ1n) is 5.79. The Hall–Kier alpha value is -0.920. The molecule has 1 aromatic heterocycles. The maximum atomic E-state index is 10.0. The third-order valence-electron chi connectivity index (χ3n) is 3.20. The summed E-state index contributed by atoms with van der Waals surface area (Å²) in [6.07, 6.45) is 1.12. The lowest BCUT2D eigenvalue weighted by molar-refractivity contribution is -0.00950. The Bertz CT molecular complexity index is 452. The van der Waals surface area contributed by atoms with E-state index in [-0.39, 0.29) is 31.4 Å². The summed E-state index contributed by atoms with van der Waals surface area (Å²) >= 11 is 0. The van der Waals surface area contributed by atoms with E-state index in [4.69, 9.17) is 4.74 Å². The minimum atomic E-state index is -0.865. The number of ether oxygens (including phenoxy) is 1. The SMILES string of the molecule is Cc1ncc2c(c1O)C(NC(C)(CO)CO)OC2.Cl. The van der Waals surface area contributed by atoms with E-state index >= 15 is 0 Å². The molecule has 0 fully saturated rings. The zero-order valence-corrected chi connectivity index (χ0v) is 11.7. The van der Waals surface area contributed by atoms with Crippen LogP contribution in [0.1, 0.15) is 30.0 Å². The third-order valence-corrected chi connectivity index (χ3v) is 3.20. The van der Waals surface area contributed by atoms with E-state index in [1.54, 1.807) is 20.0 Å². The molecule has 0 radical (unpaired) electrons. The molecule has 7 heteroatoms. The molecule has 2 rings (SSSR count). The monoisotopic (exact) mass is 290 g/mol. The molecule has 0 spiro atoms. The van der Waals surface area contributed by atoms with Crippen LogP contribution in [-0.2, 0) is 11.3 Å². The van der Waals surface area contributed by atoms with Gasteiger partial charge in [-0.15, -0.1) is 12.4 Å². The van der Waals surface area contributed by atoms with E-state index in [0.717, 1.165) is 5.56 Å². The fourth-order valence-electron chi connectivity index (χ4n) is 1.89. The van der Waals surface area contributed by atoms with Crippen molar-refractivity contribution in [3.63, 3.8) is 0 Å². The average molecular weight is 291 g/mol. The predicted octanol–water partition coefficient (Wildman–Crippen LogP) is 0.379. The normalized spacial score (nSPS) is 18.0. The Balaban J connectivity index is 0.00000180. The standard InChI is InChI=1S/C12H18N2O4.ClH/c1-7-10(17)9-8(3-13-7)4-18-11(9)14-12(2,5-15)6-16;/h3,11,14-17H,4-6H2,1-2H3;1H. The first-order chi connectivity index (χ1) is 8.50. The lowest BCUT2D eigenvalue weighted by Crippen LogP contribution is -2.50. The van der Waals surface area contributed by atoms with Crippen LogP contribution in [0.3, 0.4) is 0 Å². The quantitative estimate of drug-likeness (QED) is 0.640. The Morgan fingerprint density at radius 3 is 2.68 bits per heavy atom. The minimum Gasteiger partial charge on any atom is -0.506 e. The van der Waals surface area contributed by atoms with Gasteiger partial charge in [0.2, 0.25) is 0 Å². The van der Waals surface area contributed by atoms with Crippen molar-refractivity contribution in [1.29, 1.82) is 0 Å². The number of halogens is 1. The molecule has 0 saturated carbocycles. The fraction of sp³-hybridized carbons (Fsp3) is 0.583. The van der Waals surface area contributed by atoms with Gasteiger partial charge in [-0.2, -0.15) is 0 Å². The largest absolute Gasteiger partial charge is 0.506 e. The van der Waals surface area contributed by atoms with Crippen LogP contribution in [0, 0.1) is 6.92 Å². The van der Waals surface area contributed by atoms with Crippen molar-refractivity contribution in [3.8, 4) is 5.75 Å². The summed E-state index contributed by atoms with van der Waals surface area (Å²) in [5.41, 5.74) is 1.11. The van der Waals surface area contributed by atoms with Crippen LogP contribution < -0.4 is 5.32 Å². The number of nitrogens with zero attached hydrogens (tertiary/aromatic N) is 1. The van der Waals surface area contributed by atoms with E-state index in [0.29, 0.717) is 17.9 Å². The maximum absolute atomic E-state index is 10.0. The number of aliphatic hydroxyl groups excluding tert-OH is 2. The van der Waals surface area contributed by atoms with Gasteiger partial charge >= 0.3 is 0 Å². The maximum Gasteiger partial charge on any atom is 0.144 e. The molecule has 0 aliphatic carbocycles. The summed E-state index contributed by atoms with van der Waals surface area (Å²) in [7, 11) is 0. The molecule has 19 heavy (non-hydrogen) atoms. The van der Waals surface area contributed by atoms with Crippen molar-refractivity contribution in [2.45, 2.75) is 32.2 Å². The zero-order chi connectivity index (χ0) is 13.3. The molecule has 108 valence electrons. The summed E-state index contributed by atoms with van der Waals surface area (Å²) in [6.45, 7) is 3.27. The second-order valence-electron chi connectivity index (χ2n) is 4.84. The number of hydrogen-bond acceptors (Lipinski definition) is 6. The zero-order valence-electron chi connectivity index (χ0n) is 10.9. The van der Waals surface area contributed by atoms with Crippen molar-refractivity contribution in [2.24, 2.45) is 0 Å². The Labute approximate surface area is 117 Å². The van der Waals surface area contributed by atoms with Crippen LogP contribution in [0.5, 0.6) is 5.75 Å². The van der Waals surface area contributed by atoms with Gasteiger partial charge in [-0.1, -0.05) is 0 Å². The van der Waals surface area contributed by atoms with Crippen molar-refractivity contribution in [3.05, 3.63) is 23.0 Å². The molecule has 1 atom stereocenters. The number of aliphatic hydroxyl groups is 2. The van der Waals surface area contributed by atoms with E-state index in [2.05, 4.69) is 10.3 Å². The molecule has 0 aromatic carbocycles. The second-order valence-corrected chi connectivity index (χ2v) is 4.84. The summed E-state index contributed by atoms with van der Waals surface area (Å²) < 4.78 is 5.53. The molecule has 6 nitrogen and oxygen atoms in total. The van der Waals surface area contributed by atoms with Crippen molar-refractivity contribution in [1.82, 2.24) is 10.3 Å². The van der Waals surface area contributed by atoms with Gasteiger partial charge in [0.15, 0.2) is 0 Å². The van der Waals surface area contributed by atoms with E-state index < -0.39 is 11.8 Å². The molecule has 0 saturated heterocycles. The van der Waals surface area contributed by atoms with Crippen LogP contribution in [0.4, 0.5) is 0 Å². The Morgan fingerprint density at radius 2 is 2.11 bits per heavy atom. The van der Waals surface area contributed by atoms with Crippen LogP contribution >= 0.6 is 12.4 Å². The van der Waals surface area contributed by atoms with Crippen LogP contribution in [0.15, 0.2) is 6.20 Å². The van der Waals surface area contributed by atoms with Gasteiger partial charge in [0.05, 0.1) is 31.1 Å². The van der Waals surface area contributed by atoms with Crippen LogP contribution in [0.2, 0.25) is 0 Å². The first kappa shape index (κ1) is 16.1. The van der Waals surface area contributed by atoms with Gasteiger partial charge in [0.25, 0.3) is 0 Å². The molecular formula is C12H19ClN2O4. The topological polar surface area (TPSA) is 94.8 Å². The Morgan fingerprint density at radius 1 is 1.47 bits per heavy atom. The van der Waals surface area contributed by atoms with E-state index in [1.807, 2.05) is 0 Å². The summed E-state index contributed by atoms with van der Waals surface area (Å²) in [5.74, 6) is 0.0979. The highest BCUT2D eigenvalue weighted by Crippen LogP contribution is 2.37. The molecule has 1 aliphatic heterocycles. The van der Waals surface area contributed by atoms with Gasteiger partial charge < -0.3 is 20.1 Å². The van der Waals surface area contributed by atoms with Gasteiger partial charge in [-0.05, 0) is 13.8 Å². The molecule has 1 aromatic rings. The number of hydrogen-bond donors (Lipinski definition) is 4. The van der Waals surface area contributed by atoms with Gasteiger partial charge in [-0.25, -0.2) is 0 Å². The molecule has 0 amide bonds. The van der Waals surface area contributed by atoms with E-state index in [9.17, 15) is 15.3 Å². The first-order valence-corrected chi connectivity index (χ1v) is 5.79. The van der Waals surface area contributed by atoms with Gasteiger partial charge in [0, 0.05) is 17.3 Å². The average Bonchev–Trinajstić information content (AvgIpc) is 2.77. The lowest BCUT2D eigenvalue weighted by Gasteiger charge is -2.30. The highest BCUT2D eigenvalue weighted by Gasteiger charge is 2.34. The lowest BCUT2D eigenvalue weighted by atomic mass is 10.0. The summed E-state index contributed by atoms with van der Waals surface area (Å²) in [4.78, 5) is 4.07. The minimum absolute atomic E-state index is 0. The van der Waals surface area contributed by atoms with Crippen molar-refractivity contribution >= 4 is 12.4 Å². The number of fused-ring (bicyclic) bond motifs is 1. The smallest absolute Gasteiger partial charge is 0.144 e. The van der Waals surface area contributed by atoms with Gasteiger partial charge in [-0.3, -0.25) is 10.3 Å². The summed E-state index contributed by atoms with van der Waals surface area (Å²) in [5, 5.41) is 31.6. The highest BCUT2D eigenvalue weighted by molar-refractivity contribution is 5.85. The van der Waals surface area contributed by atoms with Crippen molar-refractivity contribution < 1.29 is 20.1 Å². The molecular weight excluding hydrogens is 272 g/mol. The molecule has 0 bridgehead atoms. The number of rotatable bonds is 4. The fourth-order valence-corrected chi connectivity index (χ4v) is 1.89. The highest BCUT2D eigenvalue weighted by atomic mass is 35.5. The molecule has 2 heterocycles. The number of nitrogens with one attached hydrogen (secondary N) is 1. The number of aryl methyl sites for hydroxylation is 1. The molecule has 1 aliphatic rings. The Kier molecular flexibility index (Phi) is 5.11. The predicted molar refractivity (Wildman–Crippen MR) is 71.1 cm³/mol. The number of aromatic nitrogens is 1. The third kappa shape index (κ3) is 2.98.